The van der Waals surface area contributed by atoms with Crippen molar-refractivity contribution in [1.82, 2.24) is 0 Å². The van der Waals surface area contributed by atoms with Gasteiger partial charge in [-0.2, -0.15) is 0 Å². The summed E-state index contributed by atoms with van der Waals surface area (Å²) in [6.07, 6.45) is 6.03. The molecular formula is C21H36O8. The van der Waals surface area contributed by atoms with E-state index in [0.29, 0.717) is 52.1 Å². The standard InChI is InChI=1S/C21H36O8/c1-17(22)26-13-5-9-21(10-6-14-27-18(2)23,11-7-15-28-19(3)24)12-8-16-29-20(4)25/h5-16H2,1-4H3. The van der Waals surface area contributed by atoms with Gasteiger partial charge in [0.15, 0.2) is 0 Å². The van der Waals surface area contributed by atoms with Crippen LogP contribution in [0.5, 0.6) is 0 Å². The van der Waals surface area contributed by atoms with Gasteiger partial charge in [0, 0.05) is 27.7 Å². The fraction of sp³-hybridized carbons (Fsp3) is 0.810. The first-order chi connectivity index (χ1) is 13.7. The molecule has 0 aromatic rings. The molecule has 8 nitrogen and oxygen atoms in total. The topological polar surface area (TPSA) is 105 Å². The third-order valence-electron chi connectivity index (χ3n) is 4.63. The lowest BCUT2D eigenvalue weighted by Gasteiger charge is -2.34. The molecule has 29 heavy (non-hydrogen) atoms. The summed E-state index contributed by atoms with van der Waals surface area (Å²) < 4.78 is 20.2. The summed E-state index contributed by atoms with van der Waals surface area (Å²) in [4.78, 5) is 44.1. The lowest BCUT2D eigenvalue weighted by atomic mass is 9.72. The summed E-state index contributed by atoms with van der Waals surface area (Å²) in [5.74, 6) is -1.24. The molecule has 0 rings (SSSR count). The van der Waals surface area contributed by atoms with Gasteiger partial charge in [-0.05, 0) is 56.8 Å². The van der Waals surface area contributed by atoms with E-state index in [0.717, 1.165) is 25.7 Å². The van der Waals surface area contributed by atoms with Gasteiger partial charge in [0.25, 0.3) is 0 Å². The zero-order valence-electron chi connectivity index (χ0n) is 18.3. The average molecular weight is 417 g/mol. The van der Waals surface area contributed by atoms with E-state index in [-0.39, 0.29) is 29.3 Å². The first kappa shape index (κ1) is 26.9. The van der Waals surface area contributed by atoms with Gasteiger partial charge in [0.2, 0.25) is 0 Å². The minimum Gasteiger partial charge on any atom is -0.466 e. The molecular weight excluding hydrogens is 380 g/mol. The molecule has 0 aliphatic rings. The molecule has 0 saturated carbocycles. The summed E-state index contributed by atoms with van der Waals surface area (Å²) in [5.41, 5.74) is -0.111. The van der Waals surface area contributed by atoms with E-state index in [4.69, 9.17) is 18.9 Å². The molecule has 0 aliphatic carbocycles. The smallest absolute Gasteiger partial charge is 0.302 e. The maximum Gasteiger partial charge on any atom is 0.302 e. The Hall–Kier alpha value is -2.12. The highest BCUT2D eigenvalue weighted by Crippen LogP contribution is 2.40. The van der Waals surface area contributed by atoms with E-state index in [1.54, 1.807) is 0 Å². The van der Waals surface area contributed by atoms with Crippen molar-refractivity contribution in [3.8, 4) is 0 Å². The van der Waals surface area contributed by atoms with Crippen molar-refractivity contribution in [2.45, 2.75) is 79.1 Å². The predicted octanol–water partition coefficient (Wildman–Crippen LogP) is 3.35. The number of ether oxygens (including phenoxy) is 4. The normalized spacial score (nSPS) is 10.9. The summed E-state index contributed by atoms with van der Waals surface area (Å²) in [6, 6.07) is 0. The highest BCUT2D eigenvalue weighted by atomic mass is 16.5. The van der Waals surface area contributed by atoms with Crippen LogP contribution in [0.25, 0.3) is 0 Å². The summed E-state index contributed by atoms with van der Waals surface area (Å²) in [7, 11) is 0. The first-order valence-electron chi connectivity index (χ1n) is 10.2. The van der Waals surface area contributed by atoms with Crippen molar-refractivity contribution < 1.29 is 38.1 Å². The molecule has 0 bridgehead atoms. The Morgan fingerprint density at radius 1 is 0.483 bits per heavy atom. The largest absolute Gasteiger partial charge is 0.466 e. The van der Waals surface area contributed by atoms with Crippen LogP contribution in [0.2, 0.25) is 0 Å². The number of carbonyl (C=O) groups is 4. The van der Waals surface area contributed by atoms with Crippen molar-refractivity contribution in [3.63, 3.8) is 0 Å². The summed E-state index contributed by atoms with van der Waals surface area (Å²) in [5, 5.41) is 0. The van der Waals surface area contributed by atoms with E-state index >= 15 is 0 Å². The molecule has 0 radical (unpaired) electrons. The van der Waals surface area contributed by atoms with Gasteiger partial charge < -0.3 is 18.9 Å². The Labute approximate surface area is 173 Å². The van der Waals surface area contributed by atoms with Gasteiger partial charge in [-0.15, -0.1) is 0 Å². The molecule has 0 amide bonds. The van der Waals surface area contributed by atoms with Gasteiger partial charge in [-0.1, -0.05) is 0 Å². The molecule has 0 fully saturated rings. The minimum absolute atomic E-state index is 0.111. The molecule has 0 saturated heterocycles. The Morgan fingerprint density at radius 3 is 0.862 bits per heavy atom. The highest BCUT2D eigenvalue weighted by Gasteiger charge is 2.29. The molecule has 0 heterocycles. The van der Waals surface area contributed by atoms with Crippen molar-refractivity contribution in [2.75, 3.05) is 26.4 Å². The fourth-order valence-corrected chi connectivity index (χ4v) is 3.40. The maximum absolute atomic E-state index is 11.0. The van der Waals surface area contributed by atoms with Crippen LogP contribution in [0.3, 0.4) is 0 Å². The van der Waals surface area contributed by atoms with Gasteiger partial charge >= 0.3 is 23.9 Å². The molecule has 168 valence electrons. The molecule has 0 unspecified atom stereocenters. The van der Waals surface area contributed by atoms with Crippen molar-refractivity contribution in [3.05, 3.63) is 0 Å². The second kappa shape index (κ2) is 15.8. The predicted molar refractivity (Wildman–Crippen MR) is 106 cm³/mol. The van der Waals surface area contributed by atoms with E-state index in [1.165, 1.54) is 27.7 Å². The first-order valence-corrected chi connectivity index (χ1v) is 10.2. The lowest BCUT2D eigenvalue weighted by Crippen LogP contribution is -2.24. The number of rotatable bonds is 16. The van der Waals surface area contributed by atoms with E-state index in [1.807, 2.05) is 0 Å². The highest BCUT2D eigenvalue weighted by molar-refractivity contribution is 5.66. The van der Waals surface area contributed by atoms with Crippen LogP contribution in [-0.4, -0.2) is 50.3 Å². The Balaban J connectivity index is 4.94. The molecule has 0 aliphatic heterocycles. The van der Waals surface area contributed by atoms with E-state index in [9.17, 15) is 19.2 Å². The van der Waals surface area contributed by atoms with Crippen LogP contribution >= 0.6 is 0 Å². The monoisotopic (exact) mass is 416 g/mol. The van der Waals surface area contributed by atoms with Crippen molar-refractivity contribution >= 4 is 23.9 Å². The fourth-order valence-electron chi connectivity index (χ4n) is 3.40. The average Bonchev–Trinajstić information content (AvgIpc) is 2.62. The van der Waals surface area contributed by atoms with Crippen LogP contribution in [0.15, 0.2) is 0 Å². The Morgan fingerprint density at radius 2 is 0.690 bits per heavy atom. The van der Waals surface area contributed by atoms with Crippen molar-refractivity contribution in [1.29, 1.82) is 0 Å². The molecule has 0 aromatic heterocycles. The van der Waals surface area contributed by atoms with Crippen LogP contribution in [-0.2, 0) is 38.1 Å². The summed E-state index contributed by atoms with van der Waals surface area (Å²) >= 11 is 0. The van der Waals surface area contributed by atoms with Crippen LogP contribution < -0.4 is 0 Å². The lowest BCUT2D eigenvalue weighted by molar-refractivity contribution is -0.141. The minimum atomic E-state index is -0.310. The van der Waals surface area contributed by atoms with Crippen LogP contribution in [0, 0.1) is 5.41 Å². The van der Waals surface area contributed by atoms with E-state index < -0.39 is 0 Å². The Kier molecular flexibility index (Phi) is 14.6. The zero-order chi connectivity index (χ0) is 22.1. The van der Waals surface area contributed by atoms with Gasteiger partial charge in [0.05, 0.1) is 26.4 Å². The van der Waals surface area contributed by atoms with Gasteiger partial charge in [-0.3, -0.25) is 19.2 Å². The number of esters is 4. The molecule has 0 spiro atoms. The SMILES string of the molecule is CC(=O)OCCCC(CCCOC(C)=O)(CCCOC(C)=O)CCCOC(C)=O. The molecule has 8 heteroatoms. The number of hydrogen-bond donors (Lipinski definition) is 0. The van der Waals surface area contributed by atoms with Gasteiger partial charge in [-0.25, -0.2) is 0 Å². The van der Waals surface area contributed by atoms with Crippen LogP contribution in [0.4, 0.5) is 0 Å². The zero-order valence-corrected chi connectivity index (χ0v) is 18.3. The second-order valence-electron chi connectivity index (χ2n) is 7.27. The quantitative estimate of drug-likeness (QED) is 0.214. The van der Waals surface area contributed by atoms with E-state index in [2.05, 4.69) is 0 Å². The molecule has 0 aromatic carbocycles. The Bertz CT molecular complexity index is 421. The van der Waals surface area contributed by atoms with Crippen molar-refractivity contribution in [2.24, 2.45) is 5.41 Å². The van der Waals surface area contributed by atoms with Gasteiger partial charge in [0.1, 0.15) is 0 Å². The number of hydrogen-bond acceptors (Lipinski definition) is 8. The summed E-state index contributed by atoms with van der Waals surface area (Å²) in [6.45, 7) is 6.89. The second-order valence-corrected chi connectivity index (χ2v) is 7.27. The molecule has 0 atom stereocenters. The third-order valence-corrected chi connectivity index (χ3v) is 4.63. The molecule has 0 N–H and O–H groups in total. The van der Waals surface area contributed by atoms with Crippen LogP contribution in [0.1, 0.15) is 79.1 Å². The third kappa shape index (κ3) is 16.5. The maximum atomic E-state index is 11.0. The number of carbonyl (C=O) groups excluding carboxylic acids is 4.